The summed E-state index contributed by atoms with van der Waals surface area (Å²) < 4.78 is 19.2. The molecular weight excluding hydrogens is 411 g/mol. The Hall–Kier alpha value is -2.77. The minimum atomic E-state index is -0.594. The fraction of sp³-hybridized carbons (Fsp3) is 0.583. The van der Waals surface area contributed by atoms with Crippen molar-refractivity contribution in [2.24, 2.45) is 0 Å². The van der Waals surface area contributed by atoms with Crippen LogP contribution in [0.2, 0.25) is 0 Å². The molecule has 1 unspecified atom stereocenters. The number of carbonyl (C=O) groups excluding carboxylic acids is 2. The van der Waals surface area contributed by atoms with Crippen LogP contribution in [0.1, 0.15) is 87.7 Å². The Balaban J connectivity index is 1.42. The van der Waals surface area contributed by atoms with Gasteiger partial charge in [0.15, 0.2) is 5.82 Å². The van der Waals surface area contributed by atoms with Crippen molar-refractivity contribution < 1.29 is 18.5 Å². The van der Waals surface area contributed by atoms with Gasteiger partial charge in [-0.25, -0.2) is 4.39 Å². The zero-order valence-electron chi connectivity index (χ0n) is 18.8. The van der Waals surface area contributed by atoms with Gasteiger partial charge in [0, 0.05) is 26.3 Å². The molecule has 8 heteroatoms. The first-order valence-corrected chi connectivity index (χ1v) is 11.6. The molecule has 1 aliphatic heterocycles. The Kier molecular flexibility index (Phi) is 6.58. The first-order chi connectivity index (χ1) is 15.4. The Morgan fingerprint density at radius 1 is 1.25 bits per heavy atom. The molecule has 1 aromatic carbocycles. The van der Waals surface area contributed by atoms with Gasteiger partial charge < -0.3 is 14.7 Å². The number of hydrogen-bond acceptors (Lipinski definition) is 5. The van der Waals surface area contributed by atoms with E-state index in [-0.39, 0.29) is 30.1 Å². The molecule has 0 saturated heterocycles. The summed E-state index contributed by atoms with van der Waals surface area (Å²) in [7, 11) is 0. The van der Waals surface area contributed by atoms with E-state index in [1.807, 2.05) is 6.92 Å². The van der Waals surface area contributed by atoms with Gasteiger partial charge in [-0.3, -0.25) is 9.59 Å². The van der Waals surface area contributed by atoms with Crippen molar-refractivity contribution in [3.8, 4) is 0 Å². The highest BCUT2D eigenvalue weighted by atomic mass is 19.1. The molecule has 2 amide bonds. The van der Waals surface area contributed by atoms with Crippen LogP contribution in [0, 0.1) is 5.82 Å². The molecule has 2 aliphatic rings. The predicted octanol–water partition coefficient (Wildman–Crippen LogP) is 3.97. The standard InChI is InChI=1S/C24H31FN4O3/c1-16-20-15-19(25)8-7-18(20)11-14-29(16)22(31)10-9-21-26-23(28-32-21)24(27-17(2)30)12-5-3-4-6-13-24/h7-8,15-16H,3-6,9-14H2,1-2H3,(H,27,30). The van der Waals surface area contributed by atoms with Crippen LogP contribution in [0.25, 0.3) is 0 Å². The van der Waals surface area contributed by atoms with Crippen LogP contribution in [0.15, 0.2) is 22.7 Å². The maximum absolute atomic E-state index is 13.7. The molecule has 4 rings (SSSR count). The SMILES string of the molecule is CC(=O)NC1(c2noc(CCC(=O)N3CCc4ccc(F)cc4C3C)n2)CCCCCC1. The lowest BCUT2D eigenvalue weighted by Crippen LogP contribution is -2.45. The highest BCUT2D eigenvalue weighted by Crippen LogP contribution is 2.35. The summed E-state index contributed by atoms with van der Waals surface area (Å²) in [5, 5.41) is 7.26. The van der Waals surface area contributed by atoms with Gasteiger partial charge in [-0.15, -0.1) is 0 Å². The molecule has 1 saturated carbocycles. The molecule has 1 aliphatic carbocycles. The van der Waals surface area contributed by atoms with Gasteiger partial charge in [0.1, 0.15) is 11.4 Å². The van der Waals surface area contributed by atoms with E-state index in [9.17, 15) is 14.0 Å². The molecule has 7 nitrogen and oxygen atoms in total. The third-order valence-corrected chi connectivity index (χ3v) is 6.79. The second-order valence-electron chi connectivity index (χ2n) is 9.05. The lowest BCUT2D eigenvalue weighted by molar-refractivity contribution is -0.133. The number of rotatable bonds is 5. The second-order valence-corrected chi connectivity index (χ2v) is 9.05. The molecule has 1 N–H and O–H groups in total. The van der Waals surface area contributed by atoms with E-state index >= 15 is 0 Å². The minimum Gasteiger partial charge on any atom is -0.343 e. The maximum atomic E-state index is 13.7. The summed E-state index contributed by atoms with van der Waals surface area (Å²) >= 11 is 0. The number of benzene rings is 1. The number of nitrogens with one attached hydrogen (secondary N) is 1. The average molecular weight is 443 g/mol. The largest absolute Gasteiger partial charge is 0.343 e. The summed E-state index contributed by atoms with van der Waals surface area (Å²) in [5.74, 6) is 0.503. The number of carbonyl (C=O) groups is 2. The van der Waals surface area contributed by atoms with Crippen LogP contribution in [0.4, 0.5) is 4.39 Å². The monoisotopic (exact) mass is 442 g/mol. The number of amides is 2. The Labute approximate surface area is 187 Å². The summed E-state index contributed by atoms with van der Waals surface area (Å²) in [6, 6.07) is 4.63. The third kappa shape index (κ3) is 4.69. The molecule has 0 radical (unpaired) electrons. The van der Waals surface area contributed by atoms with Crippen LogP contribution in [0.5, 0.6) is 0 Å². The van der Waals surface area contributed by atoms with E-state index in [1.165, 1.54) is 19.1 Å². The van der Waals surface area contributed by atoms with Gasteiger partial charge in [0.05, 0.1) is 6.04 Å². The zero-order chi connectivity index (χ0) is 22.7. The van der Waals surface area contributed by atoms with Gasteiger partial charge in [0.25, 0.3) is 0 Å². The maximum Gasteiger partial charge on any atom is 0.227 e. The molecule has 172 valence electrons. The molecule has 0 bridgehead atoms. The summed E-state index contributed by atoms with van der Waals surface area (Å²) in [4.78, 5) is 31.2. The molecule has 0 spiro atoms. The number of halogens is 1. The number of aromatic nitrogens is 2. The van der Waals surface area contributed by atoms with Gasteiger partial charge in [-0.1, -0.05) is 36.9 Å². The number of fused-ring (bicyclic) bond motifs is 1. The first kappa shape index (κ1) is 22.4. The van der Waals surface area contributed by atoms with E-state index in [2.05, 4.69) is 15.5 Å². The quantitative estimate of drug-likeness (QED) is 0.708. The molecular formula is C24H31FN4O3. The van der Waals surface area contributed by atoms with Gasteiger partial charge >= 0.3 is 0 Å². The lowest BCUT2D eigenvalue weighted by Gasteiger charge is -2.35. The molecule has 1 aromatic heterocycles. The van der Waals surface area contributed by atoms with Crippen molar-refractivity contribution in [2.75, 3.05) is 6.54 Å². The van der Waals surface area contributed by atoms with Crippen LogP contribution in [-0.4, -0.2) is 33.4 Å². The fourth-order valence-corrected chi connectivity index (χ4v) is 5.11. The van der Waals surface area contributed by atoms with Gasteiger partial charge in [-0.05, 0) is 49.4 Å². The molecule has 2 aromatic rings. The topological polar surface area (TPSA) is 88.3 Å². The fourth-order valence-electron chi connectivity index (χ4n) is 5.11. The van der Waals surface area contributed by atoms with E-state index in [0.717, 1.165) is 56.1 Å². The van der Waals surface area contributed by atoms with Gasteiger partial charge in [0.2, 0.25) is 17.7 Å². The molecule has 1 atom stereocenters. The minimum absolute atomic E-state index is 0.0156. The Morgan fingerprint density at radius 3 is 2.72 bits per heavy atom. The van der Waals surface area contributed by atoms with E-state index in [4.69, 9.17) is 4.52 Å². The third-order valence-electron chi connectivity index (χ3n) is 6.79. The Morgan fingerprint density at radius 2 is 2.00 bits per heavy atom. The second kappa shape index (κ2) is 9.38. The summed E-state index contributed by atoms with van der Waals surface area (Å²) in [6.07, 6.45) is 7.11. The average Bonchev–Trinajstić information content (AvgIpc) is 3.12. The van der Waals surface area contributed by atoms with Crippen LogP contribution >= 0.6 is 0 Å². The zero-order valence-corrected chi connectivity index (χ0v) is 18.8. The smallest absolute Gasteiger partial charge is 0.227 e. The van der Waals surface area contributed by atoms with E-state index in [1.54, 1.807) is 11.0 Å². The molecule has 1 fully saturated rings. The van der Waals surface area contributed by atoms with Crippen LogP contribution in [-0.2, 0) is 28.0 Å². The van der Waals surface area contributed by atoms with E-state index < -0.39 is 5.54 Å². The normalized spacial score (nSPS) is 20.3. The lowest BCUT2D eigenvalue weighted by atomic mass is 9.89. The first-order valence-electron chi connectivity index (χ1n) is 11.6. The van der Waals surface area contributed by atoms with Crippen LogP contribution in [0.3, 0.4) is 0 Å². The highest BCUT2D eigenvalue weighted by Gasteiger charge is 2.38. The predicted molar refractivity (Wildman–Crippen MR) is 116 cm³/mol. The number of nitrogens with zero attached hydrogens (tertiary/aromatic N) is 3. The number of hydrogen-bond donors (Lipinski definition) is 1. The summed E-state index contributed by atoms with van der Waals surface area (Å²) in [6.45, 7) is 4.05. The van der Waals surface area contributed by atoms with Crippen LogP contribution < -0.4 is 5.32 Å². The van der Waals surface area contributed by atoms with Gasteiger partial charge in [-0.2, -0.15) is 4.98 Å². The van der Waals surface area contributed by atoms with Crippen molar-refractivity contribution in [1.82, 2.24) is 20.4 Å². The van der Waals surface area contributed by atoms with Crippen molar-refractivity contribution in [3.05, 3.63) is 46.9 Å². The Bertz CT molecular complexity index is 981. The van der Waals surface area contributed by atoms with Crippen molar-refractivity contribution >= 4 is 11.8 Å². The summed E-state index contributed by atoms with van der Waals surface area (Å²) in [5.41, 5.74) is 1.37. The highest BCUT2D eigenvalue weighted by molar-refractivity contribution is 5.77. The van der Waals surface area contributed by atoms with Crippen molar-refractivity contribution in [2.45, 2.75) is 83.2 Å². The van der Waals surface area contributed by atoms with Crippen molar-refractivity contribution in [3.63, 3.8) is 0 Å². The molecule has 2 heterocycles. The molecule has 32 heavy (non-hydrogen) atoms. The van der Waals surface area contributed by atoms with E-state index in [0.29, 0.717) is 24.7 Å². The number of aryl methyl sites for hydroxylation is 1. The van der Waals surface area contributed by atoms with Crippen molar-refractivity contribution in [1.29, 1.82) is 0 Å².